The van der Waals surface area contributed by atoms with E-state index in [0.29, 0.717) is 25.7 Å². The molecule has 0 heterocycles. The smallest absolute Gasteiger partial charge is 0.333 e. The Labute approximate surface area is 337 Å². The maximum absolute atomic E-state index is 13.1. The van der Waals surface area contributed by atoms with Crippen LogP contribution >= 0.6 is 23.5 Å². The predicted octanol–water partition coefficient (Wildman–Crippen LogP) is 12.9. The molecule has 0 bridgehead atoms. The van der Waals surface area contributed by atoms with E-state index < -0.39 is 23.0 Å². The highest BCUT2D eigenvalue weighted by molar-refractivity contribution is 7.98. The monoisotopic (exact) mass is 788 g/mol. The van der Waals surface area contributed by atoms with E-state index >= 15 is 0 Å². The van der Waals surface area contributed by atoms with E-state index in [1.165, 1.54) is 154 Å². The van der Waals surface area contributed by atoms with E-state index in [2.05, 4.69) is 19.5 Å². The third kappa shape index (κ3) is 31.3. The zero-order chi connectivity index (χ0) is 39.1. The minimum Gasteiger partial charge on any atom is -0.333 e. The van der Waals surface area contributed by atoms with Gasteiger partial charge in [-0.3, -0.25) is 0 Å². The molecule has 0 radical (unpaired) electrons. The minimum atomic E-state index is -1.12. The Balaban J connectivity index is 4.32. The summed E-state index contributed by atoms with van der Waals surface area (Å²) in [6.45, 7) is 4.55. The standard InChI is InChI=1S/C44H89N3O4S2/c1-5-7-9-11-13-15-17-19-21-23-25-27-29-31-33-35-43(45,37-39-52-3)41(48)50-47-51-42(49)44(46,38-40-53-4)36-34-32-30-28-26-24-22-20-18-16-14-12-10-8-6-2/h47H,5-40,45-46H2,1-4H3. The summed E-state index contributed by atoms with van der Waals surface area (Å²) in [6, 6.07) is 0. The molecule has 0 fully saturated rings. The van der Waals surface area contributed by atoms with Gasteiger partial charge >= 0.3 is 11.9 Å². The number of carbonyl (C=O) groups excluding carboxylic acids is 2. The van der Waals surface area contributed by atoms with Crippen LogP contribution in [-0.2, 0) is 19.3 Å². The predicted molar refractivity (Wildman–Crippen MR) is 234 cm³/mol. The number of hydrogen-bond acceptors (Lipinski definition) is 9. The number of nitrogens with two attached hydrogens (primary N) is 2. The molecule has 5 N–H and O–H groups in total. The van der Waals surface area contributed by atoms with Gasteiger partial charge in [-0.1, -0.05) is 206 Å². The summed E-state index contributed by atoms with van der Waals surface area (Å²) >= 11 is 3.32. The molecule has 316 valence electrons. The first-order chi connectivity index (χ1) is 25.8. The van der Waals surface area contributed by atoms with Gasteiger partial charge in [-0.05, 0) is 49.7 Å². The Hall–Kier alpha value is -0.480. The van der Waals surface area contributed by atoms with Gasteiger partial charge in [-0.25, -0.2) is 9.59 Å². The molecule has 9 heteroatoms. The van der Waals surface area contributed by atoms with Crippen LogP contribution in [0.25, 0.3) is 0 Å². The van der Waals surface area contributed by atoms with Crippen molar-refractivity contribution < 1.29 is 19.3 Å². The third-order valence-electron chi connectivity index (χ3n) is 11.0. The van der Waals surface area contributed by atoms with Gasteiger partial charge in [0.25, 0.3) is 0 Å². The van der Waals surface area contributed by atoms with Gasteiger partial charge in [0.1, 0.15) is 11.1 Å². The van der Waals surface area contributed by atoms with Crippen LogP contribution in [-0.4, -0.2) is 47.0 Å². The third-order valence-corrected chi connectivity index (χ3v) is 12.3. The molecule has 0 aliphatic rings. The number of nitrogens with one attached hydrogen (secondary N) is 1. The fourth-order valence-electron chi connectivity index (χ4n) is 7.15. The largest absolute Gasteiger partial charge is 0.348 e. The maximum Gasteiger partial charge on any atom is 0.348 e. The van der Waals surface area contributed by atoms with Gasteiger partial charge in [0, 0.05) is 5.64 Å². The van der Waals surface area contributed by atoms with E-state index in [4.69, 9.17) is 21.1 Å². The van der Waals surface area contributed by atoms with E-state index in [1.54, 1.807) is 23.5 Å². The Morgan fingerprint density at radius 2 is 0.642 bits per heavy atom. The molecule has 0 aliphatic heterocycles. The Morgan fingerprint density at radius 3 is 0.868 bits per heavy atom. The van der Waals surface area contributed by atoms with Crippen molar-refractivity contribution in [1.82, 2.24) is 5.64 Å². The highest BCUT2D eigenvalue weighted by Crippen LogP contribution is 2.24. The summed E-state index contributed by atoms with van der Waals surface area (Å²) in [5.74, 6) is 0.339. The summed E-state index contributed by atoms with van der Waals surface area (Å²) in [5, 5.41) is 0. The molecule has 7 nitrogen and oxygen atoms in total. The van der Waals surface area contributed by atoms with Crippen molar-refractivity contribution in [2.24, 2.45) is 11.5 Å². The van der Waals surface area contributed by atoms with E-state index in [0.717, 1.165) is 50.0 Å². The number of rotatable bonds is 42. The van der Waals surface area contributed by atoms with Crippen molar-refractivity contribution in [2.45, 2.75) is 243 Å². The molecule has 0 rings (SSSR count). The molecule has 0 amide bonds. The van der Waals surface area contributed by atoms with Crippen molar-refractivity contribution in [3.05, 3.63) is 0 Å². The molecule has 0 saturated carbocycles. The van der Waals surface area contributed by atoms with Crippen LogP contribution in [0.15, 0.2) is 0 Å². The van der Waals surface area contributed by atoms with Crippen LogP contribution in [0.1, 0.15) is 232 Å². The molecular weight excluding hydrogens is 699 g/mol. The molecule has 2 atom stereocenters. The number of unbranched alkanes of at least 4 members (excludes halogenated alkanes) is 28. The second-order valence-electron chi connectivity index (χ2n) is 16.1. The Bertz CT molecular complexity index is 760. The minimum absolute atomic E-state index is 0.509. The second-order valence-corrected chi connectivity index (χ2v) is 18.0. The van der Waals surface area contributed by atoms with Crippen LogP contribution in [0.4, 0.5) is 0 Å². The fraction of sp³-hybridized carbons (Fsp3) is 0.955. The lowest BCUT2D eigenvalue weighted by Gasteiger charge is -2.28. The molecule has 0 aromatic rings. The van der Waals surface area contributed by atoms with Gasteiger partial charge in [-0.2, -0.15) is 23.5 Å². The highest BCUT2D eigenvalue weighted by atomic mass is 32.2. The molecule has 2 unspecified atom stereocenters. The number of hydrogen-bond donors (Lipinski definition) is 3. The van der Waals surface area contributed by atoms with Gasteiger partial charge < -0.3 is 21.1 Å². The van der Waals surface area contributed by atoms with Crippen LogP contribution < -0.4 is 17.1 Å². The zero-order valence-corrected chi connectivity index (χ0v) is 37.2. The lowest BCUT2D eigenvalue weighted by molar-refractivity contribution is -0.206. The molecular formula is C44H89N3O4S2. The van der Waals surface area contributed by atoms with Crippen molar-refractivity contribution >= 4 is 35.5 Å². The maximum atomic E-state index is 13.1. The fourth-order valence-corrected chi connectivity index (χ4v) is 8.29. The summed E-state index contributed by atoms with van der Waals surface area (Å²) in [5.41, 5.74) is 13.2. The van der Waals surface area contributed by atoms with E-state index in [9.17, 15) is 9.59 Å². The Morgan fingerprint density at radius 1 is 0.415 bits per heavy atom. The van der Waals surface area contributed by atoms with Gasteiger partial charge in [0.15, 0.2) is 0 Å². The second kappa shape index (κ2) is 38.4. The summed E-state index contributed by atoms with van der Waals surface area (Å²) in [6.07, 6.45) is 44.8. The molecule has 0 aliphatic carbocycles. The van der Waals surface area contributed by atoms with Crippen LogP contribution in [0.3, 0.4) is 0 Å². The lowest BCUT2D eigenvalue weighted by atomic mass is 9.90. The van der Waals surface area contributed by atoms with Gasteiger partial charge in [0.05, 0.1) is 0 Å². The summed E-state index contributed by atoms with van der Waals surface area (Å²) in [7, 11) is 0. The van der Waals surface area contributed by atoms with Crippen LogP contribution in [0.5, 0.6) is 0 Å². The van der Waals surface area contributed by atoms with Gasteiger partial charge in [0.2, 0.25) is 0 Å². The van der Waals surface area contributed by atoms with Crippen molar-refractivity contribution in [2.75, 3.05) is 24.0 Å². The molecule has 53 heavy (non-hydrogen) atoms. The molecule has 0 aromatic heterocycles. The topological polar surface area (TPSA) is 117 Å². The zero-order valence-electron chi connectivity index (χ0n) is 35.6. The molecule has 0 saturated heterocycles. The first kappa shape index (κ1) is 52.5. The average Bonchev–Trinajstić information content (AvgIpc) is 3.16. The normalized spacial score (nSPS) is 13.8. The Kier molecular flexibility index (Phi) is 38.0. The average molecular weight is 788 g/mol. The van der Waals surface area contributed by atoms with Crippen molar-refractivity contribution in [1.29, 1.82) is 0 Å². The number of carbonyl (C=O) groups is 2. The first-order valence-corrected chi connectivity index (χ1v) is 25.3. The lowest BCUT2D eigenvalue weighted by Crippen LogP contribution is -2.53. The van der Waals surface area contributed by atoms with Crippen molar-refractivity contribution in [3.8, 4) is 0 Å². The number of thioether (sulfide) groups is 2. The van der Waals surface area contributed by atoms with Crippen LogP contribution in [0, 0.1) is 0 Å². The van der Waals surface area contributed by atoms with E-state index in [-0.39, 0.29) is 0 Å². The van der Waals surface area contributed by atoms with Gasteiger partial charge in [-0.15, -0.1) is 0 Å². The summed E-state index contributed by atoms with van der Waals surface area (Å²) < 4.78 is 0. The summed E-state index contributed by atoms with van der Waals surface area (Å²) in [4.78, 5) is 36.8. The van der Waals surface area contributed by atoms with E-state index in [1.807, 2.05) is 12.5 Å². The molecule has 0 spiro atoms. The van der Waals surface area contributed by atoms with Crippen molar-refractivity contribution in [3.63, 3.8) is 0 Å². The SMILES string of the molecule is CCCCCCCCCCCCCCCCCC(N)(CCSC)C(=O)ONOC(=O)C(N)(CCCCCCCCCCCCCCCCC)CCSC. The highest BCUT2D eigenvalue weighted by Gasteiger charge is 2.38. The van der Waals surface area contributed by atoms with Crippen LogP contribution in [0.2, 0.25) is 0 Å². The quantitative estimate of drug-likeness (QED) is 0.0410. The first-order valence-electron chi connectivity index (χ1n) is 22.5. The molecule has 0 aromatic carbocycles.